The Morgan fingerprint density at radius 1 is 1.04 bits per heavy atom. The van der Waals surface area contributed by atoms with Gasteiger partial charge in [0, 0.05) is 26.2 Å². The maximum absolute atomic E-state index is 12.8. The van der Waals surface area contributed by atoms with Gasteiger partial charge in [0.25, 0.3) is 10.2 Å². The van der Waals surface area contributed by atoms with E-state index in [0.29, 0.717) is 32.1 Å². The van der Waals surface area contributed by atoms with E-state index in [1.807, 2.05) is 19.9 Å². The molecule has 5 heteroatoms. The average molecular weight is 353 g/mol. The zero-order valence-corrected chi connectivity index (χ0v) is 16.0. The quantitative estimate of drug-likeness (QED) is 0.680. The second-order valence-corrected chi connectivity index (χ2v) is 8.70. The predicted molar refractivity (Wildman–Crippen MR) is 100 cm³/mol. The minimum Gasteiger partial charge on any atom is -0.195 e. The summed E-state index contributed by atoms with van der Waals surface area (Å²) in [5.41, 5.74) is 1.38. The van der Waals surface area contributed by atoms with Crippen LogP contribution in [0.15, 0.2) is 30.3 Å². The lowest BCUT2D eigenvalue weighted by Gasteiger charge is -2.35. The van der Waals surface area contributed by atoms with Gasteiger partial charge in [-0.05, 0) is 50.0 Å². The SMILES string of the molecule is CCCN(CCC)S(=O)(=O)N1CCC(CCc2ccccc2)CC1. The maximum atomic E-state index is 12.8. The molecule has 0 aromatic heterocycles. The van der Waals surface area contributed by atoms with Gasteiger partial charge in [0.05, 0.1) is 0 Å². The standard InChI is InChI=1S/C19H32N2O2S/c1-3-14-20(15-4-2)24(22,23)21-16-12-19(13-17-21)11-10-18-8-6-5-7-9-18/h5-9,19H,3-4,10-17H2,1-2H3. The van der Waals surface area contributed by atoms with Gasteiger partial charge in [-0.3, -0.25) is 0 Å². The Morgan fingerprint density at radius 3 is 2.17 bits per heavy atom. The van der Waals surface area contributed by atoms with Gasteiger partial charge in [0.2, 0.25) is 0 Å². The minimum absolute atomic E-state index is 0.629. The van der Waals surface area contributed by atoms with Crippen molar-refractivity contribution in [2.24, 2.45) is 5.92 Å². The first-order valence-corrected chi connectivity index (χ1v) is 10.8. The number of rotatable bonds is 9. The van der Waals surface area contributed by atoms with Crippen molar-refractivity contribution in [3.05, 3.63) is 35.9 Å². The van der Waals surface area contributed by atoms with E-state index in [1.165, 1.54) is 5.56 Å². The van der Waals surface area contributed by atoms with Gasteiger partial charge in [-0.2, -0.15) is 17.0 Å². The first kappa shape index (κ1) is 19.4. The number of piperidine rings is 1. The molecule has 1 aromatic rings. The molecule has 0 N–H and O–H groups in total. The van der Waals surface area contributed by atoms with Gasteiger partial charge in [-0.15, -0.1) is 0 Å². The minimum atomic E-state index is -3.27. The molecule has 0 unspecified atom stereocenters. The fourth-order valence-electron chi connectivity index (χ4n) is 3.45. The summed E-state index contributed by atoms with van der Waals surface area (Å²) >= 11 is 0. The monoisotopic (exact) mass is 352 g/mol. The summed E-state index contributed by atoms with van der Waals surface area (Å²) in [4.78, 5) is 0. The van der Waals surface area contributed by atoms with Crippen LogP contribution < -0.4 is 0 Å². The maximum Gasteiger partial charge on any atom is 0.281 e. The summed E-state index contributed by atoms with van der Waals surface area (Å²) in [6, 6.07) is 10.6. The number of benzene rings is 1. The Labute approximate surface area is 148 Å². The highest BCUT2D eigenvalue weighted by Gasteiger charge is 2.31. The third-order valence-electron chi connectivity index (χ3n) is 4.86. The molecule has 0 atom stereocenters. The average Bonchev–Trinajstić information content (AvgIpc) is 2.61. The fourth-order valence-corrected chi connectivity index (χ4v) is 5.27. The molecule has 1 aliphatic heterocycles. The normalized spacial score (nSPS) is 17.5. The van der Waals surface area contributed by atoms with Crippen LogP contribution in [0.2, 0.25) is 0 Å². The highest BCUT2D eigenvalue weighted by Crippen LogP contribution is 2.25. The van der Waals surface area contributed by atoms with Crippen molar-refractivity contribution in [3.63, 3.8) is 0 Å². The first-order valence-electron chi connectivity index (χ1n) is 9.37. The molecule has 1 fully saturated rings. The molecule has 2 rings (SSSR count). The molecular weight excluding hydrogens is 320 g/mol. The van der Waals surface area contributed by atoms with Crippen molar-refractivity contribution in [1.82, 2.24) is 8.61 Å². The lowest BCUT2D eigenvalue weighted by atomic mass is 9.91. The van der Waals surface area contributed by atoms with Gasteiger partial charge >= 0.3 is 0 Å². The Balaban J connectivity index is 1.84. The van der Waals surface area contributed by atoms with Crippen molar-refractivity contribution in [3.8, 4) is 0 Å². The molecule has 24 heavy (non-hydrogen) atoms. The molecule has 1 aromatic carbocycles. The zero-order chi connectivity index (χ0) is 17.4. The van der Waals surface area contributed by atoms with Crippen LogP contribution in [0.25, 0.3) is 0 Å². The highest BCUT2D eigenvalue weighted by molar-refractivity contribution is 7.86. The molecule has 1 aliphatic rings. The molecule has 0 spiro atoms. The van der Waals surface area contributed by atoms with Crippen LogP contribution in [0.5, 0.6) is 0 Å². The molecule has 1 saturated heterocycles. The molecular formula is C19H32N2O2S. The Kier molecular flexibility index (Phi) is 7.72. The molecule has 1 heterocycles. The topological polar surface area (TPSA) is 40.6 Å². The van der Waals surface area contributed by atoms with Gasteiger partial charge in [-0.25, -0.2) is 0 Å². The van der Waals surface area contributed by atoms with Gasteiger partial charge in [-0.1, -0.05) is 44.2 Å². The number of hydrogen-bond acceptors (Lipinski definition) is 2. The van der Waals surface area contributed by atoms with E-state index in [2.05, 4.69) is 24.3 Å². The van der Waals surface area contributed by atoms with Crippen molar-refractivity contribution >= 4 is 10.2 Å². The number of hydrogen-bond donors (Lipinski definition) is 0. The van der Waals surface area contributed by atoms with E-state index < -0.39 is 10.2 Å². The van der Waals surface area contributed by atoms with Gasteiger partial charge in [0.1, 0.15) is 0 Å². The molecule has 0 saturated carbocycles. The lowest BCUT2D eigenvalue weighted by Crippen LogP contribution is -2.47. The van der Waals surface area contributed by atoms with E-state index in [-0.39, 0.29) is 0 Å². The van der Waals surface area contributed by atoms with E-state index >= 15 is 0 Å². The van der Waals surface area contributed by atoms with E-state index in [4.69, 9.17) is 0 Å². The van der Waals surface area contributed by atoms with Crippen LogP contribution in [-0.4, -0.2) is 43.2 Å². The molecule has 0 radical (unpaired) electrons. The molecule has 0 bridgehead atoms. The first-order chi connectivity index (χ1) is 11.6. The summed E-state index contributed by atoms with van der Waals surface area (Å²) in [5, 5.41) is 0. The van der Waals surface area contributed by atoms with E-state index in [9.17, 15) is 8.42 Å². The molecule has 0 aliphatic carbocycles. The van der Waals surface area contributed by atoms with Crippen molar-refractivity contribution < 1.29 is 8.42 Å². The van der Waals surface area contributed by atoms with Crippen LogP contribution in [0.3, 0.4) is 0 Å². The van der Waals surface area contributed by atoms with Crippen LogP contribution in [0.1, 0.15) is 51.5 Å². The van der Waals surface area contributed by atoms with Crippen molar-refractivity contribution in [2.75, 3.05) is 26.2 Å². The highest BCUT2D eigenvalue weighted by atomic mass is 32.2. The second kappa shape index (κ2) is 9.54. The Bertz CT molecular complexity index is 560. The summed E-state index contributed by atoms with van der Waals surface area (Å²) in [6.45, 7) is 6.67. The Morgan fingerprint density at radius 2 is 1.62 bits per heavy atom. The fraction of sp³-hybridized carbons (Fsp3) is 0.684. The van der Waals surface area contributed by atoms with Crippen molar-refractivity contribution in [1.29, 1.82) is 0 Å². The third kappa shape index (κ3) is 5.30. The summed E-state index contributed by atoms with van der Waals surface area (Å²) < 4.78 is 29.0. The Hall–Kier alpha value is -0.910. The summed E-state index contributed by atoms with van der Waals surface area (Å²) in [6.07, 6.45) is 5.96. The number of nitrogens with zero attached hydrogens (tertiary/aromatic N) is 2. The van der Waals surface area contributed by atoms with Crippen LogP contribution in [0.4, 0.5) is 0 Å². The predicted octanol–water partition coefficient (Wildman–Crippen LogP) is 3.70. The zero-order valence-electron chi connectivity index (χ0n) is 15.2. The lowest BCUT2D eigenvalue weighted by molar-refractivity contribution is 0.245. The van der Waals surface area contributed by atoms with Crippen LogP contribution >= 0.6 is 0 Å². The van der Waals surface area contributed by atoms with Crippen LogP contribution in [-0.2, 0) is 16.6 Å². The third-order valence-corrected chi connectivity index (χ3v) is 6.89. The van der Waals surface area contributed by atoms with E-state index in [0.717, 1.165) is 38.5 Å². The molecule has 136 valence electrons. The molecule has 4 nitrogen and oxygen atoms in total. The largest absolute Gasteiger partial charge is 0.281 e. The number of aryl methyl sites for hydroxylation is 1. The second-order valence-electron chi connectivity index (χ2n) is 6.77. The smallest absolute Gasteiger partial charge is 0.195 e. The van der Waals surface area contributed by atoms with Crippen LogP contribution in [0, 0.1) is 5.92 Å². The summed E-state index contributed by atoms with van der Waals surface area (Å²) in [7, 11) is -3.27. The summed E-state index contributed by atoms with van der Waals surface area (Å²) in [5.74, 6) is 0.641. The molecule has 0 amide bonds. The van der Waals surface area contributed by atoms with Crippen molar-refractivity contribution in [2.45, 2.75) is 52.4 Å². The van der Waals surface area contributed by atoms with Gasteiger partial charge in [0.15, 0.2) is 0 Å². The van der Waals surface area contributed by atoms with E-state index in [1.54, 1.807) is 8.61 Å². The van der Waals surface area contributed by atoms with Gasteiger partial charge < -0.3 is 0 Å².